The van der Waals surface area contributed by atoms with Crippen LogP contribution in [0.25, 0.3) is 21.9 Å². The van der Waals surface area contributed by atoms with E-state index in [2.05, 4.69) is 19.9 Å². The molecule has 0 amide bonds. The minimum Gasteiger partial charge on any atom is -0.249 e. The van der Waals surface area contributed by atoms with Gasteiger partial charge in [0, 0.05) is 9.92 Å². The molecule has 4 aromatic rings. The molecule has 0 bridgehead atoms. The number of halogens is 4. The summed E-state index contributed by atoms with van der Waals surface area (Å²) in [6, 6.07) is 19.8. The molecule has 6 heteroatoms. The summed E-state index contributed by atoms with van der Waals surface area (Å²) in [4.78, 5) is 0.0752. The summed E-state index contributed by atoms with van der Waals surface area (Å²) in [6.07, 6.45) is -3.70. The van der Waals surface area contributed by atoms with E-state index in [4.69, 9.17) is 11.6 Å². The molecule has 1 nitrogen and oxygen atoms in total. The number of hydrogen-bond donors (Lipinski definition) is 0. The van der Waals surface area contributed by atoms with Crippen molar-refractivity contribution >= 4 is 33.2 Å². The highest BCUT2D eigenvalue weighted by Gasteiger charge is 2.34. The van der Waals surface area contributed by atoms with Crippen molar-refractivity contribution in [1.82, 2.24) is 0 Å². The molecule has 4 aromatic carbocycles. The molecule has 0 heterocycles. The lowest BCUT2D eigenvalue weighted by Crippen LogP contribution is -2.10. The number of fused-ring (bicyclic) bond motifs is 1. The van der Waals surface area contributed by atoms with E-state index in [1.54, 1.807) is 12.1 Å². The molecule has 0 fully saturated rings. The third-order valence-corrected chi connectivity index (χ3v) is 7.29. The van der Waals surface area contributed by atoms with Gasteiger partial charge >= 0.3 is 6.18 Å². The first kappa shape index (κ1) is 22.6. The van der Waals surface area contributed by atoms with E-state index in [0.717, 1.165) is 39.9 Å². The van der Waals surface area contributed by atoms with Gasteiger partial charge in [-0.05, 0) is 82.8 Å². The topological polar surface area (TPSA) is 17.1 Å². The van der Waals surface area contributed by atoms with Gasteiger partial charge in [0.15, 0.2) is 0 Å². The molecule has 0 saturated carbocycles. The van der Waals surface area contributed by atoms with Gasteiger partial charge in [-0.3, -0.25) is 0 Å². The Bertz CT molecular complexity index is 1330. The van der Waals surface area contributed by atoms with Gasteiger partial charge in [0.1, 0.15) is 0 Å². The van der Waals surface area contributed by atoms with Crippen LogP contribution < -0.4 is 0 Å². The van der Waals surface area contributed by atoms with Crippen molar-refractivity contribution in [2.75, 3.05) is 0 Å². The maximum absolute atomic E-state index is 13.4. The van der Waals surface area contributed by atoms with Crippen molar-refractivity contribution in [3.8, 4) is 11.1 Å². The Balaban J connectivity index is 1.81. The molecule has 0 aromatic heterocycles. The second-order valence-corrected chi connectivity index (χ2v) is 9.43. The molecule has 1 atom stereocenters. The average Bonchev–Trinajstić information content (AvgIpc) is 2.78. The Hall–Kier alpha value is -2.63. The van der Waals surface area contributed by atoms with Crippen LogP contribution in [-0.4, -0.2) is 4.21 Å². The first-order valence-corrected chi connectivity index (χ1v) is 11.6. The first-order chi connectivity index (χ1) is 15.2. The smallest absolute Gasteiger partial charge is 0.249 e. The van der Waals surface area contributed by atoms with Crippen LogP contribution in [0.15, 0.2) is 82.6 Å². The zero-order chi connectivity index (χ0) is 23.0. The molecule has 0 saturated heterocycles. The van der Waals surface area contributed by atoms with Crippen molar-refractivity contribution in [2.24, 2.45) is 0 Å². The highest BCUT2D eigenvalue weighted by Crippen LogP contribution is 2.38. The quantitative estimate of drug-likeness (QED) is 0.292. The maximum Gasteiger partial charge on any atom is 0.417 e. The van der Waals surface area contributed by atoms with E-state index >= 15 is 0 Å². The zero-order valence-electron chi connectivity index (χ0n) is 17.5. The number of alkyl halides is 3. The fourth-order valence-corrected chi connectivity index (χ4v) is 5.40. The van der Waals surface area contributed by atoms with E-state index in [0.29, 0.717) is 9.92 Å². The lowest BCUT2D eigenvalue weighted by Gasteiger charge is -2.16. The molecule has 0 N–H and O–H groups in total. The van der Waals surface area contributed by atoms with Crippen molar-refractivity contribution in [3.63, 3.8) is 0 Å². The molecule has 0 aliphatic heterocycles. The van der Waals surface area contributed by atoms with Gasteiger partial charge in [-0.2, -0.15) is 13.2 Å². The van der Waals surface area contributed by atoms with Crippen LogP contribution in [0.2, 0.25) is 5.02 Å². The van der Waals surface area contributed by atoms with Crippen LogP contribution in [0.4, 0.5) is 13.2 Å². The largest absolute Gasteiger partial charge is 0.417 e. The van der Waals surface area contributed by atoms with Crippen LogP contribution in [0.3, 0.4) is 0 Å². The van der Waals surface area contributed by atoms with Gasteiger partial charge in [0.05, 0.1) is 21.3 Å². The lowest BCUT2D eigenvalue weighted by molar-refractivity contribution is -0.139. The van der Waals surface area contributed by atoms with Crippen molar-refractivity contribution in [2.45, 2.75) is 36.2 Å². The van der Waals surface area contributed by atoms with Crippen LogP contribution >= 0.6 is 11.6 Å². The number of benzene rings is 4. The number of aryl methyl sites for hydroxylation is 1. The Morgan fingerprint density at radius 2 is 1.62 bits per heavy atom. The Morgan fingerprint density at radius 3 is 2.28 bits per heavy atom. The van der Waals surface area contributed by atoms with Crippen LogP contribution in [0.5, 0.6) is 0 Å². The van der Waals surface area contributed by atoms with E-state index in [9.17, 15) is 17.4 Å². The molecule has 4 rings (SSSR count). The number of hydrogen-bond acceptors (Lipinski definition) is 1. The summed E-state index contributed by atoms with van der Waals surface area (Å²) in [5.41, 5.74) is 3.37. The Labute approximate surface area is 192 Å². The van der Waals surface area contributed by atoms with Gasteiger partial charge in [-0.25, -0.2) is 4.21 Å². The van der Waals surface area contributed by atoms with Crippen LogP contribution in [-0.2, 0) is 23.4 Å². The Kier molecular flexibility index (Phi) is 6.15. The minimum atomic E-state index is -4.57. The molecule has 0 aliphatic rings. The normalized spacial score (nSPS) is 12.8. The standard InChI is InChI=1S/C26H20ClF3OS/c1-3-17-14-19-8-11-20(27)15-22(19)25(16(17)2)18-9-12-21(13-10-18)32(31)24-7-5-4-6-23(24)26(28,29)30/h4-15H,3H2,1-2H3. The molecule has 0 spiro atoms. The SMILES string of the molecule is CCc1cc2ccc(Cl)cc2c(-c2ccc(S(=O)c3ccccc3C(F)(F)F)cc2)c1C. The van der Waals surface area contributed by atoms with Gasteiger partial charge in [0.2, 0.25) is 0 Å². The molecule has 32 heavy (non-hydrogen) atoms. The summed E-state index contributed by atoms with van der Waals surface area (Å²) in [6.45, 7) is 4.15. The fourth-order valence-electron chi connectivity index (χ4n) is 4.00. The maximum atomic E-state index is 13.4. The van der Waals surface area contributed by atoms with Crippen LogP contribution in [0, 0.1) is 6.92 Å². The van der Waals surface area contributed by atoms with E-state index in [-0.39, 0.29) is 4.90 Å². The van der Waals surface area contributed by atoms with Crippen molar-refractivity contribution in [3.05, 3.63) is 94.5 Å². The summed E-state index contributed by atoms with van der Waals surface area (Å²) in [7, 11) is -1.95. The fraction of sp³-hybridized carbons (Fsp3) is 0.154. The monoisotopic (exact) mass is 472 g/mol. The highest BCUT2D eigenvalue weighted by atomic mass is 35.5. The van der Waals surface area contributed by atoms with Crippen molar-refractivity contribution < 1.29 is 17.4 Å². The van der Waals surface area contributed by atoms with Gasteiger partial charge in [0.25, 0.3) is 0 Å². The molecule has 164 valence electrons. The summed E-state index contributed by atoms with van der Waals surface area (Å²) in [5.74, 6) is 0. The predicted octanol–water partition coefficient (Wildman–Crippen LogP) is 8.22. The van der Waals surface area contributed by atoms with Crippen molar-refractivity contribution in [1.29, 1.82) is 0 Å². The van der Waals surface area contributed by atoms with E-state index < -0.39 is 22.5 Å². The lowest BCUT2D eigenvalue weighted by atomic mass is 9.89. The van der Waals surface area contributed by atoms with Gasteiger partial charge < -0.3 is 0 Å². The average molecular weight is 473 g/mol. The second-order valence-electron chi connectivity index (χ2n) is 7.54. The molecule has 0 aliphatic carbocycles. The zero-order valence-corrected chi connectivity index (χ0v) is 19.0. The summed E-state index contributed by atoms with van der Waals surface area (Å²) < 4.78 is 53.1. The predicted molar refractivity (Wildman–Crippen MR) is 125 cm³/mol. The Morgan fingerprint density at radius 1 is 0.938 bits per heavy atom. The number of rotatable bonds is 4. The van der Waals surface area contributed by atoms with Gasteiger partial charge in [-0.1, -0.05) is 54.9 Å². The molecular formula is C26H20ClF3OS. The summed E-state index contributed by atoms with van der Waals surface area (Å²) >= 11 is 6.26. The minimum absolute atomic E-state index is 0.242. The molecule has 1 unspecified atom stereocenters. The van der Waals surface area contributed by atoms with E-state index in [1.807, 2.05) is 30.3 Å². The van der Waals surface area contributed by atoms with Crippen LogP contribution in [0.1, 0.15) is 23.6 Å². The second kappa shape index (κ2) is 8.72. The highest BCUT2D eigenvalue weighted by molar-refractivity contribution is 7.85. The summed E-state index contributed by atoms with van der Waals surface area (Å²) in [5, 5.41) is 2.70. The molecule has 0 radical (unpaired) electrons. The first-order valence-electron chi connectivity index (χ1n) is 10.1. The third-order valence-electron chi connectivity index (χ3n) is 5.60. The van der Waals surface area contributed by atoms with Gasteiger partial charge in [-0.15, -0.1) is 0 Å². The third kappa shape index (κ3) is 4.19. The molecular weight excluding hydrogens is 453 g/mol. The van der Waals surface area contributed by atoms with E-state index in [1.165, 1.54) is 23.8 Å².